The molecule has 0 saturated heterocycles. The second-order valence-electron chi connectivity index (χ2n) is 6.45. The van der Waals surface area contributed by atoms with Gasteiger partial charge in [0.05, 0.1) is 23.2 Å². The molecule has 1 amide bonds. The van der Waals surface area contributed by atoms with Crippen molar-refractivity contribution in [3.63, 3.8) is 0 Å². The van der Waals surface area contributed by atoms with Gasteiger partial charge in [0.15, 0.2) is 0 Å². The first-order valence-electron chi connectivity index (χ1n) is 8.95. The van der Waals surface area contributed by atoms with Crippen LogP contribution in [0, 0.1) is 5.82 Å². The lowest BCUT2D eigenvalue weighted by Crippen LogP contribution is -2.34. The van der Waals surface area contributed by atoms with Gasteiger partial charge < -0.3 is 14.2 Å². The van der Waals surface area contributed by atoms with Gasteiger partial charge in [-0.2, -0.15) is 0 Å². The molecule has 29 heavy (non-hydrogen) atoms. The molecule has 0 aliphatic heterocycles. The molecule has 1 aromatic heterocycles. The largest absolute Gasteiger partial charge is 0.383 e. The topological polar surface area (TPSA) is 47.4 Å². The van der Waals surface area contributed by atoms with Crippen molar-refractivity contribution >= 4 is 29.1 Å². The molecule has 8 heteroatoms. The quantitative estimate of drug-likeness (QED) is 0.516. The van der Waals surface area contributed by atoms with Gasteiger partial charge in [0.2, 0.25) is 0 Å². The molecule has 0 radical (unpaired) electrons. The third-order valence-electron chi connectivity index (χ3n) is 4.40. The predicted molar refractivity (Wildman–Crippen MR) is 111 cm³/mol. The number of ether oxygens (including phenoxy) is 1. The maximum atomic E-state index is 13.6. The van der Waals surface area contributed by atoms with Crippen molar-refractivity contribution in [1.82, 2.24) is 14.5 Å². The Balaban J connectivity index is 1.80. The van der Waals surface area contributed by atoms with Gasteiger partial charge in [-0.15, -0.1) is 0 Å². The summed E-state index contributed by atoms with van der Waals surface area (Å²) in [5, 5.41) is 0.974. The van der Waals surface area contributed by atoms with E-state index < -0.39 is 5.82 Å². The Kier molecular flexibility index (Phi) is 7.25. The zero-order valence-electron chi connectivity index (χ0n) is 15.8. The smallest absolute Gasteiger partial charge is 0.254 e. The van der Waals surface area contributed by atoms with E-state index in [-0.39, 0.29) is 18.0 Å². The summed E-state index contributed by atoms with van der Waals surface area (Å²) >= 11 is 12.1. The van der Waals surface area contributed by atoms with Crippen LogP contribution in [-0.4, -0.2) is 40.6 Å². The summed E-state index contributed by atoms with van der Waals surface area (Å²) in [4.78, 5) is 18.9. The van der Waals surface area contributed by atoms with Crippen LogP contribution in [0.1, 0.15) is 21.7 Å². The molecule has 0 unspecified atom stereocenters. The highest BCUT2D eigenvalue weighted by molar-refractivity contribution is 6.42. The van der Waals surface area contributed by atoms with E-state index in [1.54, 1.807) is 36.4 Å². The van der Waals surface area contributed by atoms with Crippen LogP contribution in [0.25, 0.3) is 0 Å². The molecule has 3 aromatic rings. The first kappa shape index (κ1) is 21.3. The van der Waals surface area contributed by atoms with Crippen LogP contribution in [0.4, 0.5) is 4.39 Å². The van der Waals surface area contributed by atoms with Crippen molar-refractivity contribution in [2.45, 2.75) is 13.1 Å². The van der Waals surface area contributed by atoms with Crippen molar-refractivity contribution in [3.8, 4) is 0 Å². The molecule has 0 aliphatic rings. The number of carbonyl (C=O) groups excluding carboxylic acids is 1. The molecular weight excluding hydrogens is 416 g/mol. The number of methoxy groups -OCH3 is 1. The molecule has 3 rings (SSSR count). The van der Waals surface area contributed by atoms with Gasteiger partial charge in [-0.05, 0) is 35.9 Å². The Labute approximate surface area is 178 Å². The van der Waals surface area contributed by atoms with Crippen LogP contribution in [0.15, 0.2) is 54.9 Å². The lowest BCUT2D eigenvalue weighted by Gasteiger charge is -2.23. The third-order valence-corrected chi connectivity index (χ3v) is 5.13. The van der Waals surface area contributed by atoms with Crippen LogP contribution in [0.5, 0.6) is 0 Å². The van der Waals surface area contributed by atoms with E-state index in [9.17, 15) is 9.18 Å². The molecule has 1 heterocycles. The van der Waals surface area contributed by atoms with E-state index in [0.29, 0.717) is 35.6 Å². The van der Waals surface area contributed by atoms with Crippen molar-refractivity contribution in [1.29, 1.82) is 0 Å². The fourth-order valence-electron chi connectivity index (χ4n) is 2.90. The second kappa shape index (κ2) is 9.87. The third kappa shape index (κ3) is 5.56. The molecule has 0 fully saturated rings. The van der Waals surface area contributed by atoms with Gasteiger partial charge in [-0.25, -0.2) is 9.37 Å². The molecule has 2 aromatic carbocycles. The van der Waals surface area contributed by atoms with Gasteiger partial charge in [0.25, 0.3) is 5.91 Å². The van der Waals surface area contributed by atoms with E-state index in [0.717, 1.165) is 5.56 Å². The van der Waals surface area contributed by atoms with Crippen molar-refractivity contribution in [3.05, 3.63) is 87.7 Å². The molecule has 0 spiro atoms. The Morgan fingerprint density at radius 1 is 1.21 bits per heavy atom. The number of hydrogen-bond donors (Lipinski definition) is 0. The number of nitrogens with zero attached hydrogens (tertiary/aromatic N) is 3. The van der Waals surface area contributed by atoms with Crippen molar-refractivity contribution < 1.29 is 13.9 Å². The first-order chi connectivity index (χ1) is 14.0. The number of aromatic nitrogens is 2. The summed E-state index contributed by atoms with van der Waals surface area (Å²) in [6.07, 6.45) is 3.51. The number of imidazole rings is 1. The molecule has 0 N–H and O–H groups in total. The van der Waals surface area contributed by atoms with E-state index in [1.165, 1.54) is 18.2 Å². The normalized spacial score (nSPS) is 10.9. The van der Waals surface area contributed by atoms with E-state index in [1.807, 2.05) is 16.8 Å². The molecule has 0 bridgehead atoms. The van der Waals surface area contributed by atoms with E-state index in [2.05, 4.69) is 4.98 Å². The average Bonchev–Trinajstić information content (AvgIpc) is 3.14. The van der Waals surface area contributed by atoms with Gasteiger partial charge in [-0.3, -0.25) is 4.79 Å². The maximum absolute atomic E-state index is 13.6. The fraction of sp³-hybridized carbons (Fsp3) is 0.238. The minimum absolute atomic E-state index is 0.257. The zero-order valence-corrected chi connectivity index (χ0v) is 17.3. The summed E-state index contributed by atoms with van der Waals surface area (Å²) < 4.78 is 20.6. The number of rotatable bonds is 8. The monoisotopic (exact) mass is 435 g/mol. The van der Waals surface area contributed by atoms with Crippen LogP contribution in [0.2, 0.25) is 10.0 Å². The summed E-state index contributed by atoms with van der Waals surface area (Å²) in [5.41, 5.74) is 1.24. The molecule has 0 aliphatic carbocycles. The summed E-state index contributed by atoms with van der Waals surface area (Å²) in [5.74, 6) is -0.0498. The summed E-state index contributed by atoms with van der Waals surface area (Å²) in [6.45, 7) is 1.49. The zero-order chi connectivity index (χ0) is 20.8. The van der Waals surface area contributed by atoms with Crippen LogP contribution >= 0.6 is 23.2 Å². The number of carbonyl (C=O) groups is 1. The second-order valence-corrected chi connectivity index (χ2v) is 7.26. The minimum atomic E-state index is -0.455. The van der Waals surface area contributed by atoms with E-state index >= 15 is 0 Å². The number of benzene rings is 2. The Morgan fingerprint density at radius 2 is 2.03 bits per heavy atom. The molecular formula is C21H20Cl2FN3O2. The van der Waals surface area contributed by atoms with Crippen LogP contribution < -0.4 is 0 Å². The van der Waals surface area contributed by atoms with Gasteiger partial charge in [0, 0.05) is 38.2 Å². The highest BCUT2D eigenvalue weighted by atomic mass is 35.5. The molecule has 5 nitrogen and oxygen atoms in total. The van der Waals surface area contributed by atoms with Gasteiger partial charge >= 0.3 is 0 Å². The lowest BCUT2D eigenvalue weighted by molar-refractivity contribution is 0.0673. The van der Waals surface area contributed by atoms with E-state index in [4.69, 9.17) is 27.9 Å². The van der Waals surface area contributed by atoms with Gasteiger partial charge in [0.1, 0.15) is 11.6 Å². The Hall–Kier alpha value is -2.41. The van der Waals surface area contributed by atoms with Crippen LogP contribution in [-0.2, 0) is 17.8 Å². The standard InChI is InChI=1S/C21H20Cl2FN3O2/c1-29-10-9-27(21(28)16-3-2-4-17(24)12-16)14-20-25-7-8-26(20)13-15-5-6-18(22)19(23)11-15/h2-8,11-12H,9-10,13-14H2,1H3. The lowest BCUT2D eigenvalue weighted by atomic mass is 10.2. The number of amides is 1. The molecule has 152 valence electrons. The number of halogens is 3. The Morgan fingerprint density at radius 3 is 2.76 bits per heavy atom. The Bertz CT molecular complexity index is 994. The minimum Gasteiger partial charge on any atom is -0.383 e. The highest BCUT2D eigenvalue weighted by Gasteiger charge is 2.19. The molecule has 0 saturated carbocycles. The van der Waals surface area contributed by atoms with Crippen molar-refractivity contribution in [2.24, 2.45) is 0 Å². The summed E-state index contributed by atoms with van der Waals surface area (Å²) in [6, 6.07) is 11.1. The van der Waals surface area contributed by atoms with Crippen molar-refractivity contribution in [2.75, 3.05) is 20.3 Å². The fourth-order valence-corrected chi connectivity index (χ4v) is 3.22. The SMILES string of the molecule is COCCN(Cc1nccn1Cc1ccc(Cl)c(Cl)c1)C(=O)c1cccc(F)c1. The number of hydrogen-bond acceptors (Lipinski definition) is 3. The molecule has 0 atom stereocenters. The van der Waals surface area contributed by atoms with Gasteiger partial charge in [-0.1, -0.05) is 35.3 Å². The predicted octanol–water partition coefficient (Wildman–Crippen LogP) is 4.67. The summed E-state index contributed by atoms with van der Waals surface area (Å²) in [7, 11) is 1.57. The first-order valence-corrected chi connectivity index (χ1v) is 9.71. The highest BCUT2D eigenvalue weighted by Crippen LogP contribution is 2.23. The maximum Gasteiger partial charge on any atom is 0.254 e. The van der Waals surface area contributed by atoms with Crippen LogP contribution in [0.3, 0.4) is 0 Å². The average molecular weight is 436 g/mol.